The van der Waals surface area contributed by atoms with Gasteiger partial charge in [0.1, 0.15) is 17.8 Å². The zero-order valence-electron chi connectivity index (χ0n) is 12.0. The van der Waals surface area contributed by atoms with Crippen LogP contribution in [0.4, 0.5) is 5.82 Å². The van der Waals surface area contributed by atoms with Crippen LogP contribution in [0, 0.1) is 11.8 Å². The molecule has 1 fully saturated rings. The second-order valence-corrected chi connectivity index (χ2v) is 5.81. The number of nitrogens with zero attached hydrogens (tertiary/aromatic N) is 4. The van der Waals surface area contributed by atoms with Crippen molar-refractivity contribution in [1.82, 2.24) is 19.9 Å². The summed E-state index contributed by atoms with van der Waals surface area (Å²) in [5, 5.41) is 10.7. The Hall–Kier alpha value is -1.66. The Balaban J connectivity index is 1.86. The number of aromatic amines is 1. The Bertz CT molecular complexity index is 582. The topological polar surface area (TPSA) is 68.3 Å². The van der Waals surface area contributed by atoms with Gasteiger partial charge in [0.15, 0.2) is 0 Å². The SMILES string of the molecule is CN(C)C[C@@H]1CN(c2ncnc3[nH]ccc23)C[C@@H]1CO. The van der Waals surface area contributed by atoms with Gasteiger partial charge in [0.05, 0.1) is 5.39 Å². The van der Waals surface area contributed by atoms with Crippen molar-refractivity contribution in [3.8, 4) is 0 Å². The Morgan fingerprint density at radius 1 is 1.35 bits per heavy atom. The molecule has 3 heterocycles. The molecule has 1 saturated heterocycles. The molecule has 0 aliphatic carbocycles. The Morgan fingerprint density at radius 3 is 2.90 bits per heavy atom. The van der Waals surface area contributed by atoms with E-state index in [-0.39, 0.29) is 6.61 Å². The number of aliphatic hydroxyl groups excluding tert-OH is 1. The van der Waals surface area contributed by atoms with Gasteiger partial charge in [-0.2, -0.15) is 0 Å². The van der Waals surface area contributed by atoms with E-state index < -0.39 is 0 Å². The molecule has 0 spiro atoms. The number of rotatable bonds is 4. The minimum atomic E-state index is 0.233. The third-order valence-electron chi connectivity index (χ3n) is 4.04. The summed E-state index contributed by atoms with van der Waals surface area (Å²) in [7, 11) is 4.15. The molecule has 3 rings (SSSR count). The second-order valence-electron chi connectivity index (χ2n) is 5.81. The highest BCUT2D eigenvalue weighted by molar-refractivity contribution is 5.87. The van der Waals surface area contributed by atoms with Gasteiger partial charge in [0.25, 0.3) is 0 Å². The van der Waals surface area contributed by atoms with E-state index in [1.54, 1.807) is 6.33 Å². The minimum absolute atomic E-state index is 0.233. The van der Waals surface area contributed by atoms with Gasteiger partial charge in [-0.25, -0.2) is 9.97 Å². The average molecular weight is 275 g/mol. The Labute approximate surface area is 118 Å². The first-order chi connectivity index (χ1) is 9.69. The largest absolute Gasteiger partial charge is 0.396 e. The predicted octanol–water partition coefficient (Wildman–Crippen LogP) is 0.564. The predicted molar refractivity (Wildman–Crippen MR) is 78.7 cm³/mol. The third-order valence-corrected chi connectivity index (χ3v) is 4.04. The van der Waals surface area contributed by atoms with E-state index in [9.17, 15) is 5.11 Å². The lowest BCUT2D eigenvalue weighted by molar-refractivity contribution is 0.185. The number of H-pyrrole nitrogens is 1. The van der Waals surface area contributed by atoms with Crippen LogP contribution < -0.4 is 4.90 Å². The number of hydrogen-bond donors (Lipinski definition) is 2. The molecule has 0 radical (unpaired) electrons. The third kappa shape index (κ3) is 2.36. The zero-order valence-corrected chi connectivity index (χ0v) is 12.0. The molecule has 6 nitrogen and oxygen atoms in total. The van der Waals surface area contributed by atoms with Gasteiger partial charge in [0.2, 0.25) is 0 Å². The molecular weight excluding hydrogens is 254 g/mol. The van der Waals surface area contributed by atoms with Gasteiger partial charge in [-0.1, -0.05) is 0 Å². The molecule has 2 aromatic rings. The summed E-state index contributed by atoms with van der Waals surface area (Å²) >= 11 is 0. The molecule has 1 aliphatic heterocycles. The molecule has 2 atom stereocenters. The first-order valence-electron chi connectivity index (χ1n) is 6.97. The minimum Gasteiger partial charge on any atom is -0.396 e. The highest BCUT2D eigenvalue weighted by Crippen LogP contribution is 2.30. The first kappa shape index (κ1) is 13.3. The van der Waals surface area contributed by atoms with E-state index in [0.29, 0.717) is 11.8 Å². The summed E-state index contributed by atoms with van der Waals surface area (Å²) in [5.41, 5.74) is 0.867. The summed E-state index contributed by atoms with van der Waals surface area (Å²) in [5.74, 6) is 1.75. The van der Waals surface area contributed by atoms with Crippen molar-refractivity contribution in [2.45, 2.75) is 0 Å². The highest BCUT2D eigenvalue weighted by atomic mass is 16.3. The van der Waals surface area contributed by atoms with E-state index in [1.165, 1.54) is 0 Å². The summed E-state index contributed by atoms with van der Waals surface area (Å²) in [6.45, 7) is 3.01. The van der Waals surface area contributed by atoms with Crippen LogP contribution in [0.25, 0.3) is 11.0 Å². The van der Waals surface area contributed by atoms with Crippen LogP contribution in [0.3, 0.4) is 0 Å². The lowest BCUT2D eigenvalue weighted by Crippen LogP contribution is -2.28. The Kier molecular flexibility index (Phi) is 3.58. The Morgan fingerprint density at radius 2 is 2.15 bits per heavy atom. The second kappa shape index (κ2) is 5.38. The number of nitrogens with one attached hydrogen (secondary N) is 1. The maximum absolute atomic E-state index is 9.60. The number of fused-ring (bicyclic) bond motifs is 1. The van der Waals surface area contributed by atoms with Gasteiger partial charge < -0.3 is 19.9 Å². The lowest BCUT2D eigenvalue weighted by atomic mass is 9.97. The summed E-state index contributed by atoms with van der Waals surface area (Å²) in [4.78, 5) is 16.2. The molecular formula is C14H21N5O. The molecule has 20 heavy (non-hydrogen) atoms. The number of aromatic nitrogens is 3. The van der Waals surface area contributed by atoms with Crippen molar-refractivity contribution in [3.63, 3.8) is 0 Å². The molecule has 0 unspecified atom stereocenters. The molecule has 0 bridgehead atoms. The normalized spacial score (nSPS) is 23.1. The fraction of sp³-hybridized carbons (Fsp3) is 0.571. The molecule has 0 aromatic carbocycles. The van der Waals surface area contributed by atoms with Crippen LogP contribution >= 0.6 is 0 Å². The van der Waals surface area contributed by atoms with E-state index in [0.717, 1.165) is 36.5 Å². The first-order valence-corrected chi connectivity index (χ1v) is 6.97. The summed E-state index contributed by atoms with van der Waals surface area (Å²) in [6, 6.07) is 2.01. The molecule has 2 aromatic heterocycles. The summed E-state index contributed by atoms with van der Waals surface area (Å²) in [6.07, 6.45) is 3.49. The average Bonchev–Trinajstić information content (AvgIpc) is 3.03. The number of aliphatic hydroxyl groups is 1. The molecule has 0 saturated carbocycles. The van der Waals surface area contributed by atoms with Crippen LogP contribution in [0.15, 0.2) is 18.6 Å². The van der Waals surface area contributed by atoms with Gasteiger partial charge in [-0.05, 0) is 26.1 Å². The van der Waals surface area contributed by atoms with E-state index in [4.69, 9.17) is 0 Å². The van der Waals surface area contributed by atoms with Crippen LogP contribution in [0.2, 0.25) is 0 Å². The number of hydrogen-bond acceptors (Lipinski definition) is 5. The van der Waals surface area contributed by atoms with Crippen LogP contribution in [-0.2, 0) is 0 Å². The quantitative estimate of drug-likeness (QED) is 0.853. The highest BCUT2D eigenvalue weighted by Gasteiger charge is 2.33. The number of anilines is 1. The fourth-order valence-electron chi connectivity index (χ4n) is 3.11. The van der Waals surface area contributed by atoms with Gasteiger partial charge in [-0.3, -0.25) is 0 Å². The fourth-order valence-corrected chi connectivity index (χ4v) is 3.11. The van der Waals surface area contributed by atoms with Crippen LogP contribution in [0.1, 0.15) is 0 Å². The van der Waals surface area contributed by atoms with E-state index in [1.807, 2.05) is 12.3 Å². The van der Waals surface area contributed by atoms with Crippen molar-refractivity contribution in [2.75, 3.05) is 45.2 Å². The van der Waals surface area contributed by atoms with Crippen molar-refractivity contribution >= 4 is 16.9 Å². The van der Waals surface area contributed by atoms with Crippen molar-refractivity contribution in [3.05, 3.63) is 18.6 Å². The van der Waals surface area contributed by atoms with Gasteiger partial charge >= 0.3 is 0 Å². The van der Waals surface area contributed by atoms with Crippen molar-refractivity contribution < 1.29 is 5.11 Å². The summed E-state index contributed by atoms with van der Waals surface area (Å²) < 4.78 is 0. The molecule has 2 N–H and O–H groups in total. The smallest absolute Gasteiger partial charge is 0.142 e. The molecule has 0 amide bonds. The monoisotopic (exact) mass is 275 g/mol. The van der Waals surface area contributed by atoms with Gasteiger partial charge in [-0.15, -0.1) is 0 Å². The van der Waals surface area contributed by atoms with Crippen LogP contribution in [-0.4, -0.2) is 65.3 Å². The van der Waals surface area contributed by atoms with E-state index >= 15 is 0 Å². The zero-order chi connectivity index (χ0) is 14.1. The maximum atomic E-state index is 9.60. The molecule has 108 valence electrons. The van der Waals surface area contributed by atoms with Crippen LogP contribution in [0.5, 0.6) is 0 Å². The standard InChI is InChI=1S/C14H21N5O/c1-18(2)5-10-6-19(7-11(10)8-20)14-12-3-4-15-13(12)16-9-17-14/h3-4,9-11,20H,5-8H2,1-2H3,(H,15,16,17)/t10-,11-/m1/s1. The molecule has 6 heteroatoms. The molecule has 1 aliphatic rings. The van der Waals surface area contributed by atoms with E-state index in [2.05, 4.69) is 38.8 Å². The van der Waals surface area contributed by atoms with Crippen molar-refractivity contribution in [1.29, 1.82) is 0 Å². The lowest BCUT2D eigenvalue weighted by Gasteiger charge is -2.20. The van der Waals surface area contributed by atoms with Crippen molar-refractivity contribution in [2.24, 2.45) is 11.8 Å². The van der Waals surface area contributed by atoms with Gasteiger partial charge in [0, 0.05) is 38.4 Å². The maximum Gasteiger partial charge on any atom is 0.142 e.